The molecule has 0 amide bonds. The second-order valence-corrected chi connectivity index (χ2v) is 4.50. The molecule has 0 radical (unpaired) electrons. The van der Waals surface area contributed by atoms with Gasteiger partial charge in [-0.05, 0) is 42.0 Å². The van der Waals surface area contributed by atoms with Crippen molar-refractivity contribution in [2.75, 3.05) is 0 Å². The highest BCUT2D eigenvalue weighted by atomic mass is 19.4. The highest BCUT2D eigenvalue weighted by molar-refractivity contribution is 5.73. The minimum atomic E-state index is -4.98. The number of benzene rings is 2. The molecule has 0 bridgehead atoms. The highest BCUT2D eigenvalue weighted by Crippen LogP contribution is 2.41. The second-order valence-electron chi connectivity index (χ2n) is 4.50. The van der Waals surface area contributed by atoms with Gasteiger partial charge in [0.25, 0.3) is 0 Å². The molecule has 2 aromatic rings. The molecule has 118 valence electrons. The molecule has 0 heterocycles. The Labute approximate surface area is 120 Å². The fraction of sp³-hybridized carbons (Fsp3) is 0.143. The molecule has 2 rings (SSSR count). The van der Waals surface area contributed by atoms with Crippen molar-refractivity contribution in [3.63, 3.8) is 0 Å². The van der Waals surface area contributed by atoms with E-state index in [1.807, 2.05) is 0 Å². The van der Waals surface area contributed by atoms with Crippen LogP contribution in [0, 0.1) is 0 Å². The predicted octanol–water partition coefficient (Wildman–Crippen LogP) is 4.80. The largest absolute Gasteiger partial charge is 0.508 e. The van der Waals surface area contributed by atoms with E-state index >= 15 is 0 Å². The summed E-state index contributed by atoms with van der Waals surface area (Å²) in [5, 5.41) is 18.9. The van der Waals surface area contributed by atoms with Crippen molar-refractivity contribution in [1.82, 2.24) is 0 Å². The molecule has 0 saturated carbocycles. The molecule has 0 atom stereocenters. The van der Waals surface area contributed by atoms with Gasteiger partial charge in [0.15, 0.2) is 0 Å². The fourth-order valence-electron chi connectivity index (χ4n) is 1.87. The third-order valence-electron chi connectivity index (χ3n) is 2.88. The standard InChI is InChI=1S/C14H8F6O2/c15-13(16,17)8-3-7(4-9(5-8)14(18,19)20)11-6-10(21)1-2-12(11)22/h1-6,21-22H. The van der Waals surface area contributed by atoms with Gasteiger partial charge >= 0.3 is 12.4 Å². The van der Waals surface area contributed by atoms with Gasteiger partial charge in [-0.15, -0.1) is 0 Å². The van der Waals surface area contributed by atoms with Crippen LogP contribution in [0.5, 0.6) is 11.5 Å². The molecule has 0 aliphatic rings. The van der Waals surface area contributed by atoms with Crippen molar-refractivity contribution in [3.05, 3.63) is 47.5 Å². The quantitative estimate of drug-likeness (QED) is 0.585. The zero-order chi connectivity index (χ0) is 16.7. The Hall–Kier alpha value is -2.38. The third-order valence-corrected chi connectivity index (χ3v) is 2.88. The van der Waals surface area contributed by atoms with Gasteiger partial charge < -0.3 is 10.2 Å². The molecule has 0 aliphatic heterocycles. The van der Waals surface area contributed by atoms with E-state index in [1.165, 1.54) is 0 Å². The predicted molar refractivity (Wildman–Crippen MR) is 65.2 cm³/mol. The van der Waals surface area contributed by atoms with Gasteiger partial charge in [-0.1, -0.05) is 0 Å². The van der Waals surface area contributed by atoms with E-state index < -0.39 is 40.5 Å². The molecular weight excluding hydrogens is 314 g/mol. The lowest BCUT2D eigenvalue weighted by Crippen LogP contribution is -2.11. The molecule has 2 aromatic carbocycles. The summed E-state index contributed by atoms with van der Waals surface area (Å²) in [6, 6.07) is 3.84. The summed E-state index contributed by atoms with van der Waals surface area (Å²) in [6.07, 6.45) is -9.97. The molecule has 2 nitrogen and oxygen atoms in total. The molecule has 0 aromatic heterocycles. The summed E-state index contributed by atoms with van der Waals surface area (Å²) < 4.78 is 76.5. The first-order valence-corrected chi connectivity index (χ1v) is 5.80. The summed E-state index contributed by atoms with van der Waals surface area (Å²) >= 11 is 0. The number of halogens is 6. The van der Waals surface area contributed by atoms with Gasteiger partial charge in [0.05, 0.1) is 11.1 Å². The van der Waals surface area contributed by atoms with Crippen LogP contribution in [0.25, 0.3) is 11.1 Å². The topological polar surface area (TPSA) is 40.5 Å². The Bertz CT molecular complexity index is 671. The fourth-order valence-corrected chi connectivity index (χ4v) is 1.87. The first-order chi connectivity index (χ1) is 9.98. The normalized spacial score (nSPS) is 12.5. The second kappa shape index (κ2) is 5.11. The molecule has 0 spiro atoms. The van der Waals surface area contributed by atoms with Crippen LogP contribution < -0.4 is 0 Å². The van der Waals surface area contributed by atoms with Crippen LogP contribution in [0.1, 0.15) is 11.1 Å². The lowest BCUT2D eigenvalue weighted by Gasteiger charge is -2.15. The van der Waals surface area contributed by atoms with E-state index in [-0.39, 0.29) is 11.6 Å². The number of rotatable bonds is 1. The van der Waals surface area contributed by atoms with E-state index in [1.54, 1.807) is 0 Å². The molecular formula is C14H8F6O2. The Kier molecular flexibility index (Phi) is 3.72. The Balaban J connectivity index is 2.73. The third kappa shape index (κ3) is 3.26. The maximum Gasteiger partial charge on any atom is 0.416 e. The molecule has 0 aliphatic carbocycles. The van der Waals surface area contributed by atoms with Crippen molar-refractivity contribution in [3.8, 4) is 22.6 Å². The first-order valence-electron chi connectivity index (χ1n) is 5.80. The lowest BCUT2D eigenvalue weighted by atomic mass is 9.98. The average molecular weight is 322 g/mol. The maximum absolute atomic E-state index is 12.8. The lowest BCUT2D eigenvalue weighted by molar-refractivity contribution is -0.143. The van der Waals surface area contributed by atoms with Crippen molar-refractivity contribution < 1.29 is 36.6 Å². The van der Waals surface area contributed by atoms with E-state index in [2.05, 4.69) is 0 Å². The summed E-state index contributed by atoms with van der Waals surface area (Å²) in [5.41, 5.74) is -3.84. The van der Waals surface area contributed by atoms with Crippen LogP contribution in [0.3, 0.4) is 0 Å². The highest BCUT2D eigenvalue weighted by Gasteiger charge is 2.37. The van der Waals surface area contributed by atoms with E-state index in [0.717, 1.165) is 18.2 Å². The van der Waals surface area contributed by atoms with E-state index in [9.17, 15) is 36.6 Å². The van der Waals surface area contributed by atoms with E-state index in [0.29, 0.717) is 12.1 Å². The maximum atomic E-state index is 12.8. The van der Waals surface area contributed by atoms with Crippen LogP contribution >= 0.6 is 0 Å². The number of phenolic OH excluding ortho intramolecular Hbond substituents is 2. The van der Waals surface area contributed by atoms with Crippen molar-refractivity contribution in [2.45, 2.75) is 12.4 Å². The monoisotopic (exact) mass is 322 g/mol. The van der Waals surface area contributed by atoms with Crippen molar-refractivity contribution in [2.24, 2.45) is 0 Å². The summed E-state index contributed by atoms with van der Waals surface area (Å²) in [4.78, 5) is 0. The zero-order valence-electron chi connectivity index (χ0n) is 10.6. The van der Waals surface area contributed by atoms with Gasteiger partial charge in [-0.2, -0.15) is 26.3 Å². The van der Waals surface area contributed by atoms with Crippen LogP contribution in [-0.2, 0) is 12.4 Å². The number of hydrogen-bond donors (Lipinski definition) is 2. The van der Waals surface area contributed by atoms with Gasteiger partial charge in [0.1, 0.15) is 11.5 Å². The van der Waals surface area contributed by atoms with Gasteiger partial charge in [-0.25, -0.2) is 0 Å². The molecule has 22 heavy (non-hydrogen) atoms. The Morgan fingerprint density at radius 3 is 1.64 bits per heavy atom. The summed E-state index contributed by atoms with van der Waals surface area (Å²) in [5.74, 6) is -0.955. The zero-order valence-corrected chi connectivity index (χ0v) is 10.6. The SMILES string of the molecule is Oc1ccc(O)c(-c2cc(C(F)(F)F)cc(C(F)(F)F)c2)c1. The average Bonchev–Trinajstić information content (AvgIpc) is 2.39. The minimum Gasteiger partial charge on any atom is -0.508 e. The number of hydrogen-bond acceptors (Lipinski definition) is 2. The van der Waals surface area contributed by atoms with Gasteiger partial charge in [-0.3, -0.25) is 0 Å². The Morgan fingerprint density at radius 1 is 0.682 bits per heavy atom. The van der Waals surface area contributed by atoms with Crippen LogP contribution in [-0.4, -0.2) is 10.2 Å². The number of alkyl halides is 6. The number of aromatic hydroxyl groups is 2. The smallest absolute Gasteiger partial charge is 0.416 e. The van der Waals surface area contributed by atoms with E-state index in [4.69, 9.17) is 0 Å². The van der Waals surface area contributed by atoms with Crippen LogP contribution in [0.2, 0.25) is 0 Å². The van der Waals surface area contributed by atoms with Crippen molar-refractivity contribution in [1.29, 1.82) is 0 Å². The molecule has 0 saturated heterocycles. The molecule has 0 fully saturated rings. The van der Waals surface area contributed by atoms with Gasteiger partial charge in [0.2, 0.25) is 0 Å². The molecule has 2 N–H and O–H groups in total. The number of phenols is 2. The Morgan fingerprint density at radius 2 is 1.18 bits per heavy atom. The van der Waals surface area contributed by atoms with Crippen LogP contribution in [0.15, 0.2) is 36.4 Å². The molecule has 0 unspecified atom stereocenters. The van der Waals surface area contributed by atoms with Crippen LogP contribution in [0.4, 0.5) is 26.3 Å². The minimum absolute atomic E-state index is 0.0106. The first kappa shape index (κ1) is 16.0. The summed E-state index contributed by atoms with van der Waals surface area (Å²) in [6.45, 7) is 0. The summed E-state index contributed by atoms with van der Waals surface area (Å²) in [7, 11) is 0. The molecule has 8 heteroatoms. The van der Waals surface area contributed by atoms with Crippen molar-refractivity contribution >= 4 is 0 Å². The van der Waals surface area contributed by atoms with Gasteiger partial charge in [0, 0.05) is 5.56 Å².